The fourth-order valence-electron chi connectivity index (χ4n) is 1.03. The molecule has 0 aliphatic heterocycles. The molecule has 8 nitrogen and oxygen atoms in total. The molecule has 0 saturated heterocycles. The largest absolute Gasteiger partial charge is 0.481 e. The van der Waals surface area contributed by atoms with Gasteiger partial charge in [0.25, 0.3) is 0 Å². The van der Waals surface area contributed by atoms with Gasteiger partial charge in [-0.2, -0.15) is 0 Å². The molecule has 8 heteroatoms. The third-order valence-electron chi connectivity index (χ3n) is 2.35. The van der Waals surface area contributed by atoms with E-state index in [4.69, 9.17) is 5.11 Å². The van der Waals surface area contributed by atoms with Gasteiger partial charge in [-0.25, -0.2) is 9.97 Å². The lowest BCUT2D eigenvalue weighted by molar-refractivity contribution is -0.385. The van der Waals surface area contributed by atoms with Gasteiger partial charge >= 0.3 is 11.7 Å². The minimum Gasteiger partial charge on any atom is -0.481 e. The number of carboxylic acids is 1. The Kier molecular flexibility index (Phi) is 3.91. The normalized spacial score (nSPS) is 13.8. The number of hydrogen-bond donors (Lipinski definition) is 2. The monoisotopic (exact) mass is 240 g/mol. The molecular weight excluding hydrogens is 228 g/mol. The van der Waals surface area contributed by atoms with E-state index in [9.17, 15) is 14.9 Å². The number of anilines is 1. The van der Waals surface area contributed by atoms with Crippen LogP contribution in [0.3, 0.4) is 0 Å². The molecule has 1 rings (SSSR count). The predicted octanol–water partition coefficient (Wildman–Crippen LogP) is 0.906. The molecule has 0 aliphatic rings. The molecule has 1 aromatic rings. The highest BCUT2D eigenvalue weighted by Gasteiger charge is 2.20. The molecule has 2 N–H and O–H groups in total. The van der Waals surface area contributed by atoms with Gasteiger partial charge in [-0.05, 0) is 13.8 Å². The third kappa shape index (κ3) is 3.37. The van der Waals surface area contributed by atoms with E-state index in [1.54, 1.807) is 13.8 Å². The molecule has 0 fully saturated rings. The zero-order valence-corrected chi connectivity index (χ0v) is 9.32. The number of hydrogen-bond acceptors (Lipinski definition) is 6. The maximum absolute atomic E-state index is 10.7. The second-order valence-corrected chi connectivity index (χ2v) is 3.58. The van der Waals surface area contributed by atoms with E-state index in [2.05, 4.69) is 15.3 Å². The van der Waals surface area contributed by atoms with Crippen LogP contribution in [0, 0.1) is 16.0 Å². The summed E-state index contributed by atoms with van der Waals surface area (Å²) in [7, 11) is 0. The molecular formula is C9H12N4O4. The van der Waals surface area contributed by atoms with Gasteiger partial charge in [0, 0.05) is 6.04 Å². The Balaban J connectivity index is 2.69. The van der Waals surface area contributed by atoms with E-state index < -0.39 is 16.8 Å². The lowest BCUT2D eigenvalue weighted by Gasteiger charge is -2.17. The van der Waals surface area contributed by atoms with Crippen LogP contribution in [0.4, 0.5) is 11.6 Å². The zero-order chi connectivity index (χ0) is 13.0. The number of carboxylic acid groups (broad SMARTS) is 1. The van der Waals surface area contributed by atoms with Gasteiger partial charge in [-0.1, -0.05) is 0 Å². The Labute approximate surface area is 96.9 Å². The maximum Gasteiger partial charge on any atom is 0.308 e. The van der Waals surface area contributed by atoms with Gasteiger partial charge < -0.3 is 10.4 Å². The number of aromatic nitrogens is 2. The predicted molar refractivity (Wildman–Crippen MR) is 58.6 cm³/mol. The maximum atomic E-state index is 10.7. The highest BCUT2D eigenvalue weighted by molar-refractivity contribution is 5.70. The topological polar surface area (TPSA) is 118 Å². The molecule has 0 spiro atoms. The second kappa shape index (κ2) is 5.19. The summed E-state index contributed by atoms with van der Waals surface area (Å²) in [6.45, 7) is 3.22. The van der Waals surface area contributed by atoms with Gasteiger partial charge in [0.15, 0.2) is 0 Å². The van der Waals surface area contributed by atoms with E-state index in [-0.39, 0.29) is 17.7 Å². The van der Waals surface area contributed by atoms with Crippen LogP contribution in [0.5, 0.6) is 0 Å². The molecule has 17 heavy (non-hydrogen) atoms. The lowest BCUT2D eigenvalue weighted by Crippen LogP contribution is -2.30. The Bertz CT molecular complexity index is 420. The van der Waals surface area contributed by atoms with E-state index in [1.807, 2.05) is 0 Å². The summed E-state index contributed by atoms with van der Waals surface area (Å²) >= 11 is 0. The van der Waals surface area contributed by atoms with Crippen molar-refractivity contribution < 1.29 is 14.8 Å². The fraction of sp³-hybridized carbons (Fsp3) is 0.444. The van der Waals surface area contributed by atoms with Gasteiger partial charge in [0.1, 0.15) is 12.4 Å². The molecule has 2 atom stereocenters. The van der Waals surface area contributed by atoms with E-state index in [0.29, 0.717) is 0 Å². The summed E-state index contributed by atoms with van der Waals surface area (Å²) in [6, 6.07) is -0.381. The quantitative estimate of drug-likeness (QED) is 0.579. The van der Waals surface area contributed by atoms with Crippen LogP contribution < -0.4 is 5.32 Å². The minimum absolute atomic E-state index is 0.163. The van der Waals surface area contributed by atoms with Crippen molar-refractivity contribution >= 4 is 17.6 Å². The zero-order valence-electron chi connectivity index (χ0n) is 9.32. The molecule has 0 radical (unpaired) electrons. The average molecular weight is 240 g/mol. The van der Waals surface area contributed by atoms with Crippen LogP contribution in [0.2, 0.25) is 0 Å². The number of aliphatic carboxylic acids is 1. The van der Waals surface area contributed by atoms with E-state index in [0.717, 1.165) is 12.4 Å². The van der Waals surface area contributed by atoms with Crippen LogP contribution in [0.15, 0.2) is 12.4 Å². The van der Waals surface area contributed by atoms with Gasteiger partial charge in [0.05, 0.1) is 10.8 Å². The highest BCUT2D eigenvalue weighted by atomic mass is 16.6. The van der Waals surface area contributed by atoms with Gasteiger partial charge in [0.2, 0.25) is 5.95 Å². The first kappa shape index (κ1) is 12.8. The molecule has 1 heterocycles. The van der Waals surface area contributed by atoms with Crippen LogP contribution in [0.25, 0.3) is 0 Å². The Morgan fingerprint density at radius 2 is 2.00 bits per heavy atom. The first-order valence-electron chi connectivity index (χ1n) is 4.87. The molecule has 2 unspecified atom stereocenters. The van der Waals surface area contributed by atoms with Crippen molar-refractivity contribution in [2.75, 3.05) is 5.32 Å². The van der Waals surface area contributed by atoms with Crippen molar-refractivity contribution in [1.29, 1.82) is 0 Å². The Morgan fingerprint density at radius 3 is 2.41 bits per heavy atom. The lowest BCUT2D eigenvalue weighted by atomic mass is 10.0. The summed E-state index contributed by atoms with van der Waals surface area (Å²) in [5, 5.41) is 21.9. The number of nitrogens with zero attached hydrogens (tertiary/aromatic N) is 3. The van der Waals surface area contributed by atoms with Crippen LogP contribution >= 0.6 is 0 Å². The summed E-state index contributed by atoms with van der Waals surface area (Å²) in [5.41, 5.74) is -0.213. The molecule has 0 bridgehead atoms. The van der Waals surface area contributed by atoms with Crippen LogP contribution in [-0.2, 0) is 4.79 Å². The molecule has 0 aromatic carbocycles. The summed E-state index contributed by atoms with van der Waals surface area (Å²) < 4.78 is 0. The van der Waals surface area contributed by atoms with Crippen molar-refractivity contribution in [2.24, 2.45) is 5.92 Å². The SMILES string of the molecule is CC(Nc1ncc([N+](=O)[O-])cn1)C(C)C(=O)O. The molecule has 0 saturated carbocycles. The third-order valence-corrected chi connectivity index (χ3v) is 2.35. The van der Waals surface area contributed by atoms with Crippen molar-refractivity contribution in [2.45, 2.75) is 19.9 Å². The van der Waals surface area contributed by atoms with E-state index >= 15 is 0 Å². The van der Waals surface area contributed by atoms with Crippen molar-refractivity contribution in [3.8, 4) is 0 Å². The van der Waals surface area contributed by atoms with Crippen LogP contribution in [0.1, 0.15) is 13.8 Å². The summed E-state index contributed by atoms with van der Waals surface area (Å²) in [6.07, 6.45) is 2.13. The van der Waals surface area contributed by atoms with Crippen molar-refractivity contribution in [1.82, 2.24) is 9.97 Å². The molecule has 0 aliphatic carbocycles. The van der Waals surface area contributed by atoms with Crippen molar-refractivity contribution in [3.63, 3.8) is 0 Å². The molecule has 1 aromatic heterocycles. The minimum atomic E-state index is -0.938. The Morgan fingerprint density at radius 1 is 1.47 bits per heavy atom. The number of carbonyl (C=O) groups is 1. The molecule has 0 amide bonds. The number of rotatable bonds is 5. The highest BCUT2D eigenvalue weighted by Crippen LogP contribution is 2.11. The smallest absolute Gasteiger partial charge is 0.308 e. The number of nitro groups is 1. The van der Waals surface area contributed by atoms with Gasteiger partial charge in [-0.15, -0.1) is 0 Å². The fourth-order valence-corrected chi connectivity index (χ4v) is 1.03. The first-order valence-corrected chi connectivity index (χ1v) is 4.87. The van der Waals surface area contributed by atoms with Crippen LogP contribution in [-0.4, -0.2) is 32.0 Å². The average Bonchev–Trinajstić information content (AvgIpc) is 2.28. The summed E-state index contributed by atoms with van der Waals surface area (Å²) in [5.74, 6) is -1.39. The summed E-state index contributed by atoms with van der Waals surface area (Å²) in [4.78, 5) is 27.9. The van der Waals surface area contributed by atoms with Crippen molar-refractivity contribution in [3.05, 3.63) is 22.5 Å². The van der Waals surface area contributed by atoms with Gasteiger partial charge in [-0.3, -0.25) is 14.9 Å². The second-order valence-electron chi connectivity index (χ2n) is 3.58. The first-order chi connectivity index (χ1) is 7.91. The van der Waals surface area contributed by atoms with E-state index in [1.165, 1.54) is 0 Å². The molecule has 92 valence electrons. The standard InChI is InChI=1S/C9H12N4O4/c1-5(8(14)15)6(2)12-9-10-3-7(4-11-9)13(16)17/h3-6H,1-2H3,(H,14,15)(H,10,11,12). The Hall–Kier alpha value is -2.25. The number of nitrogens with one attached hydrogen (secondary N) is 1.